The van der Waals surface area contributed by atoms with E-state index in [4.69, 9.17) is 10.3 Å². The molecule has 2 aliphatic carbocycles. The number of hydrogen-bond acceptors (Lipinski definition) is 5. The summed E-state index contributed by atoms with van der Waals surface area (Å²) >= 11 is 0. The van der Waals surface area contributed by atoms with Gasteiger partial charge >= 0.3 is 0 Å². The molecule has 2 atom stereocenters. The predicted molar refractivity (Wildman–Crippen MR) is 97.8 cm³/mol. The van der Waals surface area contributed by atoms with Gasteiger partial charge in [-0.25, -0.2) is 0 Å². The average molecular weight is 354 g/mol. The zero-order chi connectivity index (χ0) is 18.1. The molecule has 6 nitrogen and oxygen atoms in total. The van der Waals surface area contributed by atoms with Crippen molar-refractivity contribution in [1.29, 1.82) is 0 Å². The van der Waals surface area contributed by atoms with E-state index in [1.165, 1.54) is 6.42 Å². The lowest BCUT2D eigenvalue weighted by molar-refractivity contribution is -0.128. The molecule has 138 valence electrons. The first kappa shape index (κ1) is 17.2. The number of carbonyl (C=O) groups excluding carboxylic acids is 1. The summed E-state index contributed by atoms with van der Waals surface area (Å²) in [7, 11) is 0. The second kappa shape index (κ2) is 7.19. The largest absolute Gasteiger partial charge is 0.348 e. The number of nitrogens with two attached hydrogens (primary N) is 1. The van der Waals surface area contributed by atoms with Crippen LogP contribution in [0.1, 0.15) is 43.5 Å². The lowest BCUT2D eigenvalue weighted by Crippen LogP contribution is -2.49. The van der Waals surface area contributed by atoms with E-state index in [2.05, 4.69) is 15.5 Å². The molecule has 26 heavy (non-hydrogen) atoms. The highest BCUT2D eigenvalue weighted by atomic mass is 16.5. The number of fused-ring (bicyclic) bond motifs is 2. The SMILES string of the molecule is Cc1ccccc1-c1nc(CNC(=O)C2CC3CCCC(C2)C3N)no1. The van der Waals surface area contributed by atoms with Crippen LogP contribution in [-0.4, -0.2) is 22.1 Å². The van der Waals surface area contributed by atoms with Gasteiger partial charge < -0.3 is 15.6 Å². The minimum Gasteiger partial charge on any atom is -0.348 e. The van der Waals surface area contributed by atoms with Crippen molar-refractivity contribution in [3.63, 3.8) is 0 Å². The number of aryl methyl sites for hydroxylation is 1. The first-order valence-corrected chi connectivity index (χ1v) is 9.53. The van der Waals surface area contributed by atoms with E-state index in [1.54, 1.807) is 0 Å². The Morgan fingerprint density at radius 1 is 1.27 bits per heavy atom. The maximum Gasteiger partial charge on any atom is 0.258 e. The van der Waals surface area contributed by atoms with Crippen LogP contribution in [0.3, 0.4) is 0 Å². The van der Waals surface area contributed by atoms with Crippen LogP contribution in [0.15, 0.2) is 28.8 Å². The fourth-order valence-electron chi connectivity index (χ4n) is 4.56. The van der Waals surface area contributed by atoms with Crippen LogP contribution in [-0.2, 0) is 11.3 Å². The van der Waals surface area contributed by atoms with Gasteiger partial charge in [-0.1, -0.05) is 29.8 Å². The predicted octanol–water partition coefficient (Wildman–Crippen LogP) is 2.81. The van der Waals surface area contributed by atoms with Gasteiger partial charge in [-0.05, 0) is 56.1 Å². The van der Waals surface area contributed by atoms with Crippen molar-refractivity contribution in [3.05, 3.63) is 35.7 Å². The number of nitrogens with zero attached hydrogens (tertiary/aromatic N) is 2. The minimum atomic E-state index is 0.0628. The summed E-state index contributed by atoms with van der Waals surface area (Å²) in [5.41, 5.74) is 8.32. The molecule has 2 unspecified atom stereocenters. The summed E-state index contributed by atoms with van der Waals surface area (Å²) in [6.07, 6.45) is 5.38. The summed E-state index contributed by atoms with van der Waals surface area (Å²) in [4.78, 5) is 17.0. The molecule has 2 saturated carbocycles. The number of aromatic nitrogens is 2. The quantitative estimate of drug-likeness (QED) is 0.880. The molecular weight excluding hydrogens is 328 g/mol. The first-order valence-electron chi connectivity index (χ1n) is 9.53. The number of hydrogen-bond donors (Lipinski definition) is 2. The van der Waals surface area contributed by atoms with Gasteiger partial charge in [-0.2, -0.15) is 4.98 Å². The van der Waals surface area contributed by atoms with E-state index in [1.807, 2.05) is 31.2 Å². The van der Waals surface area contributed by atoms with Gasteiger partial charge in [0.25, 0.3) is 5.89 Å². The molecule has 2 fully saturated rings. The van der Waals surface area contributed by atoms with Gasteiger partial charge in [0.2, 0.25) is 5.91 Å². The third-order valence-corrected chi connectivity index (χ3v) is 6.05. The molecule has 2 aromatic rings. The summed E-state index contributed by atoms with van der Waals surface area (Å²) in [6.45, 7) is 2.30. The van der Waals surface area contributed by atoms with Crippen molar-refractivity contribution in [2.75, 3.05) is 0 Å². The highest BCUT2D eigenvalue weighted by molar-refractivity contribution is 5.78. The number of nitrogens with one attached hydrogen (secondary N) is 1. The van der Waals surface area contributed by atoms with E-state index in [0.717, 1.165) is 36.8 Å². The number of amides is 1. The standard InChI is InChI=1S/C20H26N4O2/c1-12-5-2-3-8-16(12)20-23-17(24-26-20)11-22-19(25)15-9-13-6-4-7-14(10-15)18(13)21/h2-3,5,8,13-15,18H,4,6-7,9-11,21H2,1H3,(H,22,25). The van der Waals surface area contributed by atoms with Crippen LogP contribution >= 0.6 is 0 Å². The van der Waals surface area contributed by atoms with Gasteiger partial charge in [0.1, 0.15) is 0 Å². The topological polar surface area (TPSA) is 94.0 Å². The van der Waals surface area contributed by atoms with Crippen LogP contribution < -0.4 is 11.1 Å². The fraction of sp³-hybridized carbons (Fsp3) is 0.550. The van der Waals surface area contributed by atoms with Crippen molar-refractivity contribution < 1.29 is 9.32 Å². The molecule has 2 bridgehead atoms. The maximum absolute atomic E-state index is 12.6. The molecule has 1 aromatic heterocycles. The van der Waals surface area contributed by atoms with E-state index in [0.29, 0.717) is 30.1 Å². The van der Waals surface area contributed by atoms with Crippen LogP contribution in [0.4, 0.5) is 0 Å². The Balaban J connectivity index is 1.36. The fourth-order valence-corrected chi connectivity index (χ4v) is 4.56. The highest BCUT2D eigenvalue weighted by Crippen LogP contribution is 2.41. The molecule has 6 heteroatoms. The molecule has 1 amide bonds. The van der Waals surface area contributed by atoms with Gasteiger partial charge in [-0.15, -0.1) is 0 Å². The first-order chi connectivity index (χ1) is 12.6. The smallest absolute Gasteiger partial charge is 0.258 e. The molecule has 0 spiro atoms. The maximum atomic E-state index is 12.6. The second-order valence-electron chi connectivity index (χ2n) is 7.75. The Morgan fingerprint density at radius 3 is 2.73 bits per heavy atom. The summed E-state index contributed by atoms with van der Waals surface area (Å²) in [6, 6.07) is 8.16. The van der Waals surface area contributed by atoms with E-state index in [-0.39, 0.29) is 17.9 Å². The zero-order valence-electron chi connectivity index (χ0n) is 15.1. The van der Waals surface area contributed by atoms with Crippen molar-refractivity contribution in [2.45, 2.75) is 51.6 Å². The Kier molecular flexibility index (Phi) is 4.76. The molecule has 4 rings (SSSR count). The highest BCUT2D eigenvalue weighted by Gasteiger charge is 2.40. The normalized spacial score (nSPS) is 27.9. The summed E-state index contributed by atoms with van der Waals surface area (Å²) in [5, 5.41) is 6.99. The van der Waals surface area contributed by atoms with E-state index < -0.39 is 0 Å². The Labute approximate surface area is 153 Å². The van der Waals surface area contributed by atoms with Crippen molar-refractivity contribution in [1.82, 2.24) is 15.5 Å². The Hall–Kier alpha value is -2.21. The van der Waals surface area contributed by atoms with Crippen LogP contribution in [0.5, 0.6) is 0 Å². The van der Waals surface area contributed by atoms with Crippen molar-refractivity contribution in [2.24, 2.45) is 23.5 Å². The van der Waals surface area contributed by atoms with Gasteiger partial charge in [0.15, 0.2) is 5.82 Å². The van der Waals surface area contributed by atoms with Crippen LogP contribution in [0.25, 0.3) is 11.5 Å². The van der Waals surface area contributed by atoms with E-state index in [9.17, 15) is 4.79 Å². The lowest BCUT2D eigenvalue weighted by Gasteiger charge is -2.43. The second-order valence-corrected chi connectivity index (χ2v) is 7.75. The molecule has 1 heterocycles. The minimum absolute atomic E-state index is 0.0628. The van der Waals surface area contributed by atoms with Crippen molar-refractivity contribution in [3.8, 4) is 11.5 Å². The number of benzene rings is 1. The van der Waals surface area contributed by atoms with Crippen LogP contribution in [0.2, 0.25) is 0 Å². The summed E-state index contributed by atoms with van der Waals surface area (Å²) in [5.74, 6) is 2.14. The van der Waals surface area contributed by atoms with Crippen molar-refractivity contribution >= 4 is 5.91 Å². The Morgan fingerprint density at radius 2 is 2.00 bits per heavy atom. The van der Waals surface area contributed by atoms with Gasteiger partial charge in [0.05, 0.1) is 6.54 Å². The third-order valence-electron chi connectivity index (χ3n) is 6.05. The van der Waals surface area contributed by atoms with Gasteiger partial charge in [-0.3, -0.25) is 4.79 Å². The third kappa shape index (κ3) is 3.38. The Bertz CT molecular complexity index is 774. The lowest BCUT2D eigenvalue weighted by atomic mass is 9.65. The van der Waals surface area contributed by atoms with E-state index >= 15 is 0 Å². The average Bonchev–Trinajstić information content (AvgIpc) is 3.08. The monoisotopic (exact) mass is 354 g/mol. The summed E-state index contributed by atoms with van der Waals surface area (Å²) < 4.78 is 5.36. The molecule has 3 N–H and O–H groups in total. The number of rotatable bonds is 4. The molecule has 0 saturated heterocycles. The number of carbonyl (C=O) groups is 1. The molecule has 0 aliphatic heterocycles. The van der Waals surface area contributed by atoms with Crippen LogP contribution in [0, 0.1) is 24.7 Å². The zero-order valence-corrected chi connectivity index (χ0v) is 15.1. The molecule has 0 radical (unpaired) electrons. The van der Waals surface area contributed by atoms with Gasteiger partial charge in [0, 0.05) is 17.5 Å². The molecular formula is C20H26N4O2. The molecule has 1 aromatic carbocycles. The molecule has 2 aliphatic rings.